The Morgan fingerprint density at radius 1 is 0.923 bits per heavy atom. The Morgan fingerprint density at radius 2 is 1.23 bits per heavy atom. The van der Waals surface area contributed by atoms with Gasteiger partial charge in [-0.25, -0.2) is 0 Å². The Bertz CT molecular complexity index is 243. The number of halogens is 2. The SMILES string of the molecule is O=S(=O)([O-])[O-].[Br-].[Br-].c1ccncc1. The molecule has 1 rings (SSSR count). The van der Waals surface area contributed by atoms with Crippen LogP contribution >= 0.6 is 0 Å². The Kier molecular flexibility index (Phi) is 14.5. The molecule has 78 valence electrons. The minimum Gasteiger partial charge on any atom is -1.00 e. The predicted octanol–water partition coefficient (Wildman–Crippen LogP) is -6.25. The highest BCUT2D eigenvalue weighted by molar-refractivity contribution is 7.79. The Balaban J connectivity index is -0.000000136. The normalized spacial score (nSPS) is 8.15. The molecule has 0 fully saturated rings. The third-order valence-electron chi connectivity index (χ3n) is 0.566. The molecule has 0 aliphatic rings. The largest absolute Gasteiger partial charge is 1.00 e. The number of hydrogen-bond acceptors (Lipinski definition) is 5. The van der Waals surface area contributed by atoms with E-state index >= 15 is 0 Å². The number of hydrogen-bond donors (Lipinski definition) is 0. The van der Waals surface area contributed by atoms with Crippen molar-refractivity contribution >= 4 is 10.4 Å². The first kappa shape index (κ1) is 18.7. The van der Waals surface area contributed by atoms with Crippen LogP contribution in [0.15, 0.2) is 30.6 Å². The summed E-state index contributed by atoms with van der Waals surface area (Å²) in [5.41, 5.74) is 0. The molecule has 5 nitrogen and oxygen atoms in total. The number of rotatable bonds is 0. The van der Waals surface area contributed by atoms with Crippen LogP contribution in [0, 0.1) is 0 Å². The van der Waals surface area contributed by atoms with Crippen molar-refractivity contribution in [2.75, 3.05) is 0 Å². The molecule has 0 saturated carbocycles. The molecular weight excluding hydrogens is 330 g/mol. The summed E-state index contributed by atoms with van der Waals surface area (Å²) in [6.45, 7) is 0. The molecular formula is C5H5Br2NO4S-4. The van der Waals surface area contributed by atoms with E-state index in [-0.39, 0.29) is 34.0 Å². The highest BCUT2D eigenvalue weighted by Crippen LogP contribution is 1.73. The molecule has 1 aromatic rings. The van der Waals surface area contributed by atoms with E-state index in [1.165, 1.54) is 0 Å². The van der Waals surface area contributed by atoms with Crippen molar-refractivity contribution in [3.8, 4) is 0 Å². The maximum atomic E-state index is 8.52. The first-order valence-corrected chi connectivity index (χ1v) is 3.85. The van der Waals surface area contributed by atoms with E-state index in [1.807, 2.05) is 18.2 Å². The van der Waals surface area contributed by atoms with Crippen LogP contribution < -0.4 is 34.0 Å². The summed E-state index contributed by atoms with van der Waals surface area (Å²) in [6, 6.07) is 5.72. The lowest BCUT2D eigenvalue weighted by Gasteiger charge is -2.06. The fourth-order valence-corrected chi connectivity index (χ4v) is 0.313. The van der Waals surface area contributed by atoms with Gasteiger partial charge in [-0.1, -0.05) is 6.07 Å². The van der Waals surface area contributed by atoms with Crippen molar-refractivity contribution in [3.05, 3.63) is 30.6 Å². The fraction of sp³-hybridized carbons (Fsp3) is 0. The van der Waals surface area contributed by atoms with Gasteiger partial charge in [0.2, 0.25) is 0 Å². The molecule has 0 amide bonds. The molecule has 0 aliphatic carbocycles. The van der Waals surface area contributed by atoms with Crippen LogP contribution in [0.25, 0.3) is 0 Å². The van der Waals surface area contributed by atoms with Crippen molar-refractivity contribution in [3.63, 3.8) is 0 Å². The molecule has 0 saturated heterocycles. The van der Waals surface area contributed by atoms with Crippen molar-refractivity contribution in [1.82, 2.24) is 4.98 Å². The molecule has 0 bridgehead atoms. The van der Waals surface area contributed by atoms with E-state index in [0.29, 0.717) is 0 Å². The summed E-state index contributed by atoms with van der Waals surface area (Å²) in [6.07, 6.45) is 3.50. The van der Waals surface area contributed by atoms with Gasteiger partial charge in [0.25, 0.3) is 0 Å². The lowest BCUT2D eigenvalue weighted by atomic mass is 10.5. The maximum absolute atomic E-state index is 8.52. The second-order valence-electron chi connectivity index (χ2n) is 1.43. The highest BCUT2D eigenvalue weighted by atomic mass is 79.9. The van der Waals surface area contributed by atoms with Crippen LogP contribution in [-0.2, 0) is 10.4 Å². The van der Waals surface area contributed by atoms with Gasteiger partial charge in [0, 0.05) is 22.8 Å². The molecule has 1 aromatic heterocycles. The van der Waals surface area contributed by atoms with Crippen molar-refractivity contribution < 1.29 is 51.5 Å². The molecule has 0 aromatic carbocycles. The Hall–Kier alpha value is -0.0200. The van der Waals surface area contributed by atoms with Gasteiger partial charge >= 0.3 is 0 Å². The van der Waals surface area contributed by atoms with Crippen LogP contribution in [0.1, 0.15) is 0 Å². The molecule has 8 heteroatoms. The topological polar surface area (TPSA) is 93.2 Å². The van der Waals surface area contributed by atoms with Crippen molar-refractivity contribution in [2.45, 2.75) is 0 Å². The van der Waals surface area contributed by atoms with Gasteiger partial charge in [-0.05, 0) is 12.1 Å². The van der Waals surface area contributed by atoms with Crippen LogP contribution in [0.5, 0.6) is 0 Å². The quantitative estimate of drug-likeness (QED) is 0.347. The van der Waals surface area contributed by atoms with E-state index in [4.69, 9.17) is 17.5 Å². The van der Waals surface area contributed by atoms with Crippen molar-refractivity contribution in [2.24, 2.45) is 0 Å². The number of nitrogens with zero attached hydrogens (tertiary/aromatic N) is 1. The minimum atomic E-state index is -5.17. The number of aromatic nitrogens is 1. The molecule has 0 N–H and O–H groups in total. The molecule has 0 radical (unpaired) electrons. The second kappa shape index (κ2) is 10.1. The number of pyridine rings is 1. The smallest absolute Gasteiger partial charge is 0.0311 e. The third-order valence-corrected chi connectivity index (χ3v) is 0.566. The van der Waals surface area contributed by atoms with Crippen LogP contribution in [0.2, 0.25) is 0 Å². The Labute approximate surface area is 97.3 Å². The van der Waals surface area contributed by atoms with Gasteiger partial charge in [0.15, 0.2) is 0 Å². The zero-order chi connectivity index (χ0) is 8.74. The summed E-state index contributed by atoms with van der Waals surface area (Å²) in [4.78, 5) is 3.78. The van der Waals surface area contributed by atoms with Gasteiger partial charge in [0.1, 0.15) is 0 Å². The van der Waals surface area contributed by atoms with Crippen LogP contribution in [0.3, 0.4) is 0 Å². The fourth-order valence-electron chi connectivity index (χ4n) is 0.313. The lowest BCUT2D eigenvalue weighted by molar-refractivity contribution is -0.001000. The molecule has 0 spiro atoms. The standard InChI is InChI=1S/C5H5N.2BrH.H2O4S/c1-2-4-6-5-3-1;;;1-5(2,3)4/h1-5H;2*1H;(H2,1,2,3,4)/p-4. The molecule has 0 unspecified atom stereocenters. The summed E-state index contributed by atoms with van der Waals surface area (Å²) >= 11 is 0. The zero-order valence-electron chi connectivity index (χ0n) is 6.13. The predicted molar refractivity (Wildman–Crippen MR) is 34.7 cm³/mol. The average Bonchev–Trinajstić information content (AvgIpc) is 1.88. The summed E-state index contributed by atoms with van der Waals surface area (Å²) < 4.78 is 34.1. The summed E-state index contributed by atoms with van der Waals surface area (Å²) in [5, 5.41) is 0. The van der Waals surface area contributed by atoms with Gasteiger partial charge in [-0.3, -0.25) is 13.4 Å². The van der Waals surface area contributed by atoms with Gasteiger partial charge in [0.05, 0.1) is 0 Å². The van der Waals surface area contributed by atoms with E-state index in [2.05, 4.69) is 4.98 Å². The van der Waals surface area contributed by atoms with Gasteiger partial charge in [-0.2, -0.15) is 0 Å². The lowest BCUT2D eigenvalue weighted by Crippen LogP contribution is -3.00. The van der Waals surface area contributed by atoms with Crippen LogP contribution in [0.4, 0.5) is 0 Å². The van der Waals surface area contributed by atoms with Gasteiger partial charge < -0.3 is 43.1 Å². The maximum Gasteiger partial charge on any atom is 0.0311 e. The molecule has 0 atom stereocenters. The van der Waals surface area contributed by atoms with Gasteiger partial charge in [-0.15, -0.1) is 0 Å². The first-order valence-electron chi connectivity index (χ1n) is 2.52. The second-order valence-corrected chi connectivity index (χ2v) is 2.25. The van der Waals surface area contributed by atoms with Crippen LogP contribution in [-0.4, -0.2) is 22.5 Å². The van der Waals surface area contributed by atoms with E-state index in [0.717, 1.165) is 0 Å². The summed E-state index contributed by atoms with van der Waals surface area (Å²) in [7, 11) is -5.17. The minimum absolute atomic E-state index is 0. The molecule has 0 aliphatic heterocycles. The zero-order valence-corrected chi connectivity index (χ0v) is 10.1. The van der Waals surface area contributed by atoms with E-state index in [1.54, 1.807) is 12.4 Å². The van der Waals surface area contributed by atoms with E-state index < -0.39 is 10.4 Å². The van der Waals surface area contributed by atoms with Crippen molar-refractivity contribution in [1.29, 1.82) is 0 Å². The Morgan fingerprint density at radius 3 is 1.31 bits per heavy atom. The molecule has 1 heterocycles. The average molecular weight is 335 g/mol. The molecule has 13 heavy (non-hydrogen) atoms. The summed E-state index contributed by atoms with van der Waals surface area (Å²) in [5.74, 6) is 0. The first-order chi connectivity index (χ1) is 5.00. The monoisotopic (exact) mass is 333 g/mol. The highest BCUT2D eigenvalue weighted by Gasteiger charge is 1.58. The van der Waals surface area contributed by atoms with E-state index in [9.17, 15) is 0 Å². The third kappa shape index (κ3) is 33.4.